The summed E-state index contributed by atoms with van der Waals surface area (Å²) in [4.78, 5) is 13.8. The van der Waals surface area contributed by atoms with Crippen LogP contribution in [0.3, 0.4) is 0 Å². The van der Waals surface area contributed by atoms with Gasteiger partial charge in [0.25, 0.3) is 0 Å². The third-order valence-corrected chi connectivity index (χ3v) is 4.93. The predicted molar refractivity (Wildman–Crippen MR) is 94.9 cm³/mol. The lowest BCUT2D eigenvalue weighted by atomic mass is 9.97. The third-order valence-electron chi connectivity index (χ3n) is 4.44. The molecule has 0 bridgehead atoms. The van der Waals surface area contributed by atoms with Gasteiger partial charge in [-0.05, 0) is 50.9 Å². The SMILES string of the molecule is CCCCC(c1cc(Br)ccc1OCC)N1CCCC1C(=O)O. The molecule has 5 heteroatoms. The van der Waals surface area contributed by atoms with Crippen LogP contribution in [0.5, 0.6) is 5.75 Å². The van der Waals surface area contributed by atoms with E-state index in [2.05, 4.69) is 33.8 Å². The highest BCUT2D eigenvalue weighted by molar-refractivity contribution is 9.10. The summed E-state index contributed by atoms with van der Waals surface area (Å²) in [6, 6.07) is 5.75. The summed E-state index contributed by atoms with van der Waals surface area (Å²) in [7, 11) is 0. The Labute approximate surface area is 147 Å². The Morgan fingerprint density at radius 1 is 1.48 bits per heavy atom. The molecule has 0 radical (unpaired) electrons. The molecule has 2 rings (SSSR count). The van der Waals surface area contributed by atoms with Crippen molar-refractivity contribution in [3.05, 3.63) is 28.2 Å². The zero-order valence-corrected chi connectivity index (χ0v) is 15.5. The molecule has 1 saturated heterocycles. The molecule has 1 N–H and O–H groups in total. The Balaban J connectivity index is 2.38. The van der Waals surface area contributed by atoms with Crippen molar-refractivity contribution >= 4 is 21.9 Å². The van der Waals surface area contributed by atoms with E-state index in [0.29, 0.717) is 6.61 Å². The molecular formula is C18H26BrNO3. The van der Waals surface area contributed by atoms with Gasteiger partial charge in [-0.15, -0.1) is 0 Å². The molecule has 0 amide bonds. The molecule has 128 valence electrons. The van der Waals surface area contributed by atoms with Gasteiger partial charge < -0.3 is 9.84 Å². The Morgan fingerprint density at radius 3 is 2.91 bits per heavy atom. The highest BCUT2D eigenvalue weighted by atomic mass is 79.9. The van der Waals surface area contributed by atoms with Crippen molar-refractivity contribution in [3.8, 4) is 5.75 Å². The quantitative estimate of drug-likeness (QED) is 0.710. The summed E-state index contributed by atoms with van der Waals surface area (Å²) in [6.07, 6.45) is 4.80. The van der Waals surface area contributed by atoms with Gasteiger partial charge >= 0.3 is 5.97 Å². The van der Waals surface area contributed by atoms with E-state index in [9.17, 15) is 9.90 Å². The average Bonchev–Trinajstić information content (AvgIpc) is 3.00. The lowest BCUT2D eigenvalue weighted by Crippen LogP contribution is -2.39. The van der Waals surface area contributed by atoms with Gasteiger partial charge in [-0.25, -0.2) is 0 Å². The fourth-order valence-corrected chi connectivity index (χ4v) is 3.77. The minimum absolute atomic E-state index is 0.0950. The summed E-state index contributed by atoms with van der Waals surface area (Å²) in [5.74, 6) is 0.157. The number of hydrogen-bond acceptors (Lipinski definition) is 3. The molecule has 2 atom stereocenters. The number of rotatable bonds is 8. The van der Waals surface area contributed by atoms with E-state index in [1.54, 1.807) is 0 Å². The molecule has 0 spiro atoms. The van der Waals surface area contributed by atoms with E-state index in [4.69, 9.17) is 4.74 Å². The maximum Gasteiger partial charge on any atom is 0.320 e. The van der Waals surface area contributed by atoms with Gasteiger partial charge in [-0.3, -0.25) is 9.69 Å². The van der Waals surface area contributed by atoms with E-state index in [0.717, 1.165) is 54.4 Å². The molecule has 1 aliphatic rings. The van der Waals surface area contributed by atoms with Crippen LogP contribution in [-0.4, -0.2) is 35.2 Å². The fraction of sp³-hybridized carbons (Fsp3) is 0.611. The van der Waals surface area contributed by atoms with Crippen molar-refractivity contribution in [3.63, 3.8) is 0 Å². The number of carbonyl (C=O) groups is 1. The standard InChI is InChI=1S/C18H26BrNO3/c1-3-5-7-15(20-11-6-8-16(20)18(21)22)14-12-13(19)9-10-17(14)23-4-2/h9-10,12,15-16H,3-8,11H2,1-2H3,(H,21,22). The van der Waals surface area contributed by atoms with Crippen LogP contribution in [0.1, 0.15) is 57.6 Å². The van der Waals surface area contributed by atoms with E-state index in [1.807, 2.05) is 19.1 Å². The Bertz CT molecular complexity index is 535. The van der Waals surface area contributed by atoms with E-state index in [1.165, 1.54) is 0 Å². The first-order valence-corrected chi connectivity index (χ1v) is 9.28. The number of hydrogen-bond donors (Lipinski definition) is 1. The van der Waals surface area contributed by atoms with Crippen molar-refractivity contribution < 1.29 is 14.6 Å². The zero-order valence-electron chi connectivity index (χ0n) is 13.9. The largest absolute Gasteiger partial charge is 0.494 e. The average molecular weight is 384 g/mol. The van der Waals surface area contributed by atoms with Crippen molar-refractivity contribution in [2.24, 2.45) is 0 Å². The van der Waals surface area contributed by atoms with Gasteiger partial charge in [0.1, 0.15) is 11.8 Å². The normalized spacial score (nSPS) is 19.7. The molecule has 1 aromatic carbocycles. The monoisotopic (exact) mass is 383 g/mol. The van der Waals surface area contributed by atoms with E-state index >= 15 is 0 Å². The van der Waals surface area contributed by atoms with Crippen LogP contribution in [0.15, 0.2) is 22.7 Å². The highest BCUT2D eigenvalue weighted by Crippen LogP contribution is 2.39. The van der Waals surface area contributed by atoms with Gasteiger partial charge in [0.15, 0.2) is 0 Å². The molecule has 0 aromatic heterocycles. The number of carboxylic acids is 1. The molecule has 0 saturated carbocycles. The lowest BCUT2D eigenvalue weighted by Gasteiger charge is -2.32. The first-order chi connectivity index (χ1) is 11.1. The van der Waals surface area contributed by atoms with Crippen LogP contribution in [0, 0.1) is 0 Å². The maximum absolute atomic E-state index is 11.6. The molecule has 1 heterocycles. The fourth-order valence-electron chi connectivity index (χ4n) is 3.39. The second kappa shape index (κ2) is 8.69. The van der Waals surface area contributed by atoms with Crippen LogP contribution in [0.2, 0.25) is 0 Å². The summed E-state index contributed by atoms with van der Waals surface area (Å²) < 4.78 is 6.82. The minimum atomic E-state index is -0.711. The number of benzene rings is 1. The maximum atomic E-state index is 11.6. The number of unbranched alkanes of at least 4 members (excludes halogenated alkanes) is 1. The minimum Gasteiger partial charge on any atom is -0.494 e. The summed E-state index contributed by atoms with van der Waals surface area (Å²) >= 11 is 3.55. The van der Waals surface area contributed by atoms with Crippen LogP contribution in [0.4, 0.5) is 0 Å². The molecule has 4 nitrogen and oxygen atoms in total. The topological polar surface area (TPSA) is 49.8 Å². The van der Waals surface area contributed by atoms with Crippen LogP contribution in [0.25, 0.3) is 0 Å². The van der Waals surface area contributed by atoms with Crippen LogP contribution in [-0.2, 0) is 4.79 Å². The molecule has 1 fully saturated rings. The van der Waals surface area contributed by atoms with E-state index < -0.39 is 5.97 Å². The molecule has 1 aromatic rings. The van der Waals surface area contributed by atoms with E-state index in [-0.39, 0.29) is 12.1 Å². The Morgan fingerprint density at radius 2 is 2.26 bits per heavy atom. The second-order valence-corrected chi connectivity index (χ2v) is 6.92. The highest BCUT2D eigenvalue weighted by Gasteiger charge is 2.36. The summed E-state index contributed by atoms with van der Waals surface area (Å²) in [5.41, 5.74) is 1.10. The smallest absolute Gasteiger partial charge is 0.320 e. The van der Waals surface area contributed by atoms with Crippen molar-refractivity contribution in [2.45, 2.75) is 58.0 Å². The van der Waals surface area contributed by atoms with Crippen molar-refractivity contribution in [1.82, 2.24) is 4.90 Å². The number of carboxylic acid groups (broad SMARTS) is 1. The molecular weight excluding hydrogens is 358 g/mol. The molecule has 23 heavy (non-hydrogen) atoms. The van der Waals surface area contributed by atoms with Crippen LogP contribution < -0.4 is 4.74 Å². The van der Waals surface area contributed by atoms with Gasteiger partial charge in [0.2, 0.25) is 0 Å². The Hall–Kier alpha value is -1.07. The predicted octanol–water partition coefficient (Wildman–Crippen LogP) is 4.63. The van der Waals surface area contributed by atoms with Crippen LogP contribution >= 0.6 is 15.9 Å². The molecule has 2 unspecified atom stereocenters. The number of ether oxygens (including phenoxy) is 1. The number of nitrogens with zero attached hydrogens (tertiary/aromatic N) is 1. The zero-order chi connectivity index (χ0) is 16.8. The van der Waals surface area contributed by atoms with Gasteiger partial charge in [-0.2, -0.15) is 0 Å². The molecule has 0 aliphatic carbocycles. The first-order valence-electron chi connectivity index (χ1n) is 8.49. The van der Waals surface area contributed by atoms with Crippen molar-refractivity contribution in [1.29, 1.82) is 0 Å². The summed E-state index contributed by atoms with van der Waals surface area (Å²) in [5, 5.41) is 9.55. The third kappa shape index (κ3) is 4.48. The Kier molecular flexibility index (Phi) is 6.90. The van der Waals surface area contributed by atoms with Gasteiger partial charge in [0, 0.05) is 16.1 Å². The van der Waals surface area contributed by atoms with Gasteiger partial charge in [-0.1, -0.05) is 35.7 Å². The second-order valence-electron chi connectivity index (χ2n) is 6.01. The van der Waals surface area contributed by atoms with Gasteiger partial charge in [0.05, 0.1) is 6.61 Å². The number of likely N-dealkylation sites (tertiary alicyclic amines) is 1. The number of aliphatic carboxylic acids is 1. The molecule has 1 aliphatic heterocycles. The summed E-state index contributed by atoms with van der Waals surface area (Å²) in [6.45, 7) is 5.59. The van der Waals surface area contributed by atoms with Crippen molar-refractivity contribution in [2.75, 3.05) is 13.2 Å². The lowest BCUT2D eigenvalue weighted by molar-refractivity contribution is -0.143. The first kappa shape index (κ1) is 18.3. The number of halogens is 1.